The fraction of sp³-hybridized carbons (Fsp3) is 0.438. The van der Waals surface area contributed by atoms with Crippen LogP contribution in [-0.2, 0) is 7.05 Å². The third-order valence-electron chi connectivity index (χ3n) is 4.13. The quantitative estimate of drug-likeness (QED) is 0.804. The summed E-state index contributed by atoms with van der Waals surface area (Å²) in [5.41, 5.74) is 5.19. The summed E-state index contributed by atoms with van der Waals surface area (Å²) >= 11 is 0. The van der Waals surface area contributed by atoms with Gasteiger partial charge in [-0.15, -0.1) is 0 Å². The van der Waals surface area contributed by atoms with Crippen molar-refractivity contribution < 1.29 is 0 Å². The molecule has 1 atom stereocenters. The zero-order chi connectivity index (χ0) is 15.9. The second-order valence-corrected chi connectivity index (χ2v) is 5.71. The second kappa shape index (κ2) is 5.44. The lowest BCUT2D eigenvalue weighted by Gasteiger charge is -2.19. The van der Waals surface area contributed by atoms with Crippen molar-refractivity contribution in [1.82, 2.24) is 24.4 Å². The van der Waals surface area contributed by atoms with Gasteiger partial charge in [-0.25, -0.2) is 4.98 Å². The van der Waals surface area contributed by atoms with Gasteiger partial charge in [0, 0.05) is 30.6 Å². The van der Waals surface area contributed by atoms with Crippen LogP contribution in [0.25, 0.3) is 5.65 Å². The lowest BCUT2D eigenvalue weighted by Crippen LogP contribution is -2.16. The van der Waals surface area contributed by atoms with Crippen molar-refractivity contribution in [2.45, 2.75) is 40.2 Å². The number of nitrogens with one attached hydrogen (secondary N) is 1. The highest BCUT2D eigenvalue weighted by atomic mass is 15.3. The largest absolute Gasteiger partial charge is 0.362 e. The van der Waals surface area contributed by atoms with E-state index in [1.165, 1.54) is 0 Å². The standard InChI is InChI=1S/C16H22N6/c1-6-13(14-7-8-17-21(14)5)19-15-9-10(2)18-16-11(3)12(4)20-22(15)16/h7-9,13,19H,6H2,1-5H3/t13-/m1/s1. The predicted molar refractivity (Wildman–Crippen MR) is 87.1 cm³/mol. The first-order chi connectivity index (χ1) is 10.5. The molecule has 116 valence electrons. The molecule has 0 aliphatic rings. The highest BCUT2D eigenvalue weighted by Gasteiger charge is 2.16. The van der Waals surface area contributed by atoms with Crippen molar-refractivity contribution in [2.24, 2.45) is 7.05 Å². The fourth-order valence-corrected chi connectivity index (χ4v) is 2.74. The Morgan fingerprint density at radius 3 is 2.68 bits per heavy atom. The number of anilines is 1. The van der Waals surface area contributed by atoms with Crippen LogP contribution in [0.3, 0.4) is 0 Å². The van der Waals surface area contributed by atoms with E-state index in [9.17, 15) is 0 Å². The molecular weight excluding hydrogens is 276 g/mol. The average Bonchev–Trinajstić information content (AvgIpc) is 3.02. The normalized spacial score (nSPS) is 12.8. The van der Waals surface area contributed by atoms with Crippen LogP contribution in [0.5, 0.6) is 0 Å². The average molecular weight is 298 g/mol. The lowest BCUT2D eigenvalue weighted by atomic mass is 10.1. The van der Waals surface area contributed by atoms with E-state index in [1.807, 2.05) is 48.4 Å². The molecule has 0 aromatic carbocycles. The minimum absolute atomic E-state index is 0.183. The van der Waals surface area contributed by atoms with Crippen molar-refractivity contribution in [3.8, 4) is 0 Å². The zero-order valence-electron chi connectivity index (χ0n) is 13.8. The van der Waals surface area contributed by atoms with Crippen molar-refractivity contribution in [3.63, 3.8) is 0 Å². The predicted octanol–water partition coefficient (Wildman–Crippen LogP) is 2.95. The lowest BCUT2D eigenvalue weighted by molar-refractivity contribution is 0.629. The molecule has 0 aliphatic carbocycles. The molecule has 22 heavy (non-hydrogen) atoms. The maximum absolute atomic E-state index is 4.61. The van der Waals surface area contributed by atoms with Gasteiger partial charge < -0.3 is 5.32 Å². The Labute approximate surface area is 130 Å². The Kier molecular flexibility index (Phi) is 3.60. The molecule has 6 heteroatoms. The summed E-state index contributed by atoms with van der Waals surface area (Å²) in [6, 6.07) is 4.27. The molecule has 1 N–H and O–H groups in total. The molecule has 0 unspecified atom stereocenters. The molecule has 0 radical (unpaired) electrons. The second-order valence-electron chi connectivity index (χ2n) is 5.71. The molecule has 3 aromatic rings. The van der Waals surface area contributed by atoms with Gasteiger partial charge in [0.25, 0.3) is 0 Å². The SMILES string of the molecule is CC[C@@H](Nc1cc(C)nc2c(C)c(C)nn12)c1ccnn1C. The summed E-state index contributed by atoms with van der Waals surface area (Å²) < 4.78 is 3.81. The molecule has 0 aliphatic heterocycles. The molecule has 0 saturated carbocycles. The summed E-state index contributed by atoms with van der Waals surface area (Å²) in [6.45, 7) is 8.25. The highest BCUT2D eigenvalue weighted by Crippen LogP contribution is 2.24. The van der Waals surface area contributed by atoms with Crippen LogP contribution in [0.4, 0.5) is 5.82 Å². The summed E-state index contributed by atoms with van der Waals surface area (Å²) in [5, 5.41) is 12.5. The number of hydrogen-bond acceptors (Lipinski definition) is 4. The molecule has 0 spiro atoms. The smallest absolute Gasteiger partial charge is 0.160 e. The van der Waals surface area contributed by atoms with Gasteiger partial charge in [-0.2, -0.15) is 14.7 Å². The molecule has 0 bridgehead atoms. The highest BCUT2D eigenvalue weighted by molar-refractivity contribution is 5.56. The van der Waals surface area contributed by atoms with Crippen molar-refractivity contribution in [1.29, 1.82) is 0 Å². The van der Waals surface area contributed by atoms with Gasteiger partial charge in [-0.05, 0) is 33.3 Å². The van der Waals surface area contributed by atoms with Gasteiger partial charge in [0.05, 0.1) is 17.4 Å². The molecule has 6 nitrogen and oxygen atoms in total. The first kappa shape index (κ1) is 14.6. The van der Waals surface area contributed by atoms with Crippen LogP contribution in [0.2, 0.25) is 0 Å². The Balaban J connectivity index is 2.06. The number of fused-ring (bicyclic) bond motifs is 1. The number of hydrogen-bond donors (Lipinski definition) is 1. The Hall–Kier alpha value is -2.37. The van der Waals surface area contributed by atoms with Crippen LogP contribution < -0.4 is 5.32 Å². The van der Waals surface area contributed by atoms with Gasteiger partial charge in [0.2, 0.25) is 0 Å². The minimum Gasteiger partial charge on any atom is -0.362 e. The van der Waals surface area contributed by atoms with E-state index in [-0.39, 0.29) is 6.04 Å². The minimum atomic E-state index is 0.183. The van der Waals surface area contributed by atoms with Gasteiger partial charge in [-0.1, -0.05) is 6.92 Å². The summed E-state index contributed by atoms with van der Waals surface area (Å²) in [5.74, 6) is 0.965. The third kappa shape index (κ3) is 2.34. The summed E-state index contributed by atoms with van der Waals surface area (Å²) in [6.07, 6.45) is 2.79. The van der Waals surface area contributed by atoms with Gasteiger partial charge in [0.1, 0.15) is 5.82 Å². The number of aryl methyl sites for hydroxylation is 4. The van der Waals surface area contributed by atoms with E-state index in [0.717, 1.165) is 40.5 Å². The Bertz CT molecular complexity index is 814. The third-order valence-corrected chi connectivity index (χ3v) is 4.13. The Morgan fingerprint density at radius 1 is 1.27 bits per heavy atom. The van der Waals surface area contributed by atoms with Crippen molar-refractivity contribution in [2.75, 3.05) is 5.32 Å². The molecule has 3 heterocycles. The topological polar surface area (TPSA) is 60.0 Å². The number of nitrogens with zero attached hydrogens (tertiary/aromatic N) is 5. The molecule has 0 saturated heterocycles. The zero-order valence-corrected chi connectivity index (χ0v) is 13.8. The molecule has 0 fully saturated rings. The van der Waals surface area contributed by atoms with Crippen molar-refractivity contribution >= 4 is 11.5 Å². The first-order valence-electron chi connectivity index (χ1n) is 7.59. The molecular formula is C16H22N6. The van der Waals surface area contributed by atoms with Crippen LogP contribution >= 0.6 is 0 Å². The van der Waals surface area contributed by atoms with E-state index in [2.05, 4.69) is 34.3 Å². The van der Waals surface area contributed by atoms with Crippen LogP contribution in [0.1, 0.15) is 42.0 Å². The molecule has 0 amide bonds. The Morgan fingerprint density at radius 2 is 2.05 bits per heavy atom. The van der Waals surface area contributed by atoms with Crippen LogP contribution in [0.15, 0.2) is 18.3 Å². The monoisotopic (exact) mass is 298 g/mol. The van der Waals surface area contributed by atoms with E-state index < -0.39 is 0 Å². The van der Waals surface area contributed by atoms with E-state index in [4.69, 9.17) is 0 Å². The van der Waals surface area contributed by atoms with Crippen LogP contribution in [0, 0.1) is 20.8 Å². The van der Waals surface area contributed by atoms with Gasteiger partial charge in [0.15, 0.2) is 5.65 Å². The number of aromatic nitrogens is 5. The van der Waals surface area contributed by atoms with E-state index in [0.29, 0.717) is 0 Å². The van der Waals surface area contributed by atoms with Crippen LogP contribution in [-0.4, -0.2) is 24.4 Å². The van der Waals surface area contributed by atoms with E-state index >= 15 is 0 Å². The van der Waals surface area contributed by atoms with Gasteiger partial charge >= 0.3 is 0 Å². The van der Waals surface area contributed by atoms with E-state index in [1.54, 1.807) is 0 Å². The fourth-order valence-electron chi connectivity index (χ4n) is 2.74. The maximum atomic E-state index is 4.61. The van der Waals surface area contributed by atoms with Gasteiger partial charge in [-0.3, -0.25) is 4.68 Å². The number of rotatable bonds is 4. The maximum Gasteiger partial charge on any atom is 0.160 e. The van der Waals surface area contributed by atoms with Crippen molar-refractivity contribution in [3.05, 3.63) is 41.0 Å². The summed E-state index contributed by atoms with van der Waals surface area (Å²) in [4.78, 5) is 4.61. The molecule has 3 aromatic heterocycles. The molecule has 3 rings (SSSR count). The first-order valence-corrected chi connectivity index (χ1v) is 7.59. The summed E-state index contributed by atoms with van der Waals surface area (Å²) in [7, 11) is 1.97.